The maximum Gasteiger partial charge on any atom is 0.352 e. The third kappa shape index (κ3) is 4.05. The highest BCUT2D eigenvalue weighted by molar-refractivity contribution is 8.00. The zero-order chi connectivity index (χ0) is 20.3. The minimum atomic E-state index is -1.37. The van der Waals surface area contributed by atoms with Gasteiger partial charge in [0.25, 0.3) is 5.91 Å². The first-order valence-corrected chi connectivity index (χ1v) is 9.94. The molecule has 2 rings (SSSR count). The number of carbonyl (C=O) groups is 4. The molecule has 0 radical (unpaired) electrons. The molecule has 0 saturated carbocycles. The minimum Gasteiger partial charge on any atom is -0.477 e. The molecule has 4 atom stereocenters. The molecule has 1 saturated heterocycles. The van der Waals surface area contributed by atoms with Crippen LogP contribution in [0.1, 0.15) is 6.92 Å². The van der Waals surface area contributed by atoms with E-state index >= 15 is 0 Å². The Labute approximate surface area is 163 Å². The highest BCUT2D eigenvalue weighted by Gasteiger charge is 2.55. The fraction of sp³-hybridized carbons (Fsp3) is 0.533. The first kappa shape index (κ1) is 21.1. The summed E-state index contributed by atoms with van der Waals surface area (Å²) < 4.78 is 10.0. The van der Waals surface area contributed by atoms with Crippen LogP contribution in [0.25, 0.3) is 0 Å². The second-order valence-electron chi connectivity index (χ2n) is 5.50. The van der Waals surface area contributed by atoms with Crippen molar-refractivity contribution < 1.29 is 33.8 Å². The number of ether oxygens (including phenoxy) is 2. The highest BCUT2D eigenvalue weighted by atomic mass is 32.2. The number of amides is 2. The van der Waals surface area contributed by atoms with Crippen LogP contribution in [0.4, 0.5) is 0 Å². The van der Waals surface area contributed by atoms with Crippen molar-refractivity contribution >= 4 is 47.3 Å². The number of β-lactam (4-membered cyclic amide) rings is 1. The molecule has 2 unspecified atom stereocenters. The number of nitriles is 1. The third-order valence-corrected chi connectivity index (χ3v) is 5.95. The number of fused-ring (bicyclic) bond motifs is 1. The summed E-state index contributed by atoms with van der Waals surface area (Å²) in [5.41, 5.74) is -0.192. The van der Waals surface area contributed by atoms with E-state index in [9.17, 15) is 24.3 Å². The standard InChI is InChI=1S/C15H17N3O7S2/c1-6(19)25-15(24-2)7-5-27-13-9(17-11(20)8(4-16)26-3)12(21)18(13)10(7)14(22)23/h8-9,13,15H,5H2,1-3H3,(H,17,20)(H,22,23)/t8?,9-,13+,15?/m0/s1. The number of methoxy groups -OCH3 is 1. The van der Waals surface area contributed by atoms with E-state index in [1.807, 2.05) is 6.07 Å². The van der Waals surface area contributed by atoms with E-state index in [2.05, 4.69) is 5.32 Å². The van der Waals surface area contributed by atoms with Gasteiger partial charge in [0.05, 0.1) is 6.07 Å². The Bertz CT molecular complexity index is 748. The number of thioether (sulfide) groups is 2. The van der Waals surface area contributed by atoms with Crippen LogP contribution in [0.15, 0.2) is 11.3 Å². The summed E-state index contributed by atoms with van der Waals surface area (Å²) in [5, 5.41) is 19.4. The van der Waals surface area contributed by atoms with Crippen LogP contribution in [-0.4, -0.2) is 75.8 Å². The van der Waals surface area contributed by atoms with Crippen molar-refractivity contribution in [1.29, 1.82) is 5.26 Å². The van der Waals surface area contributed by atoms with Gasteiger partial charge in [-0.2, -0.15) is 5.26 Å². The van der Waals surface area contributed by atoms with E-state index in [-0.39, 0.29) is 17.0 Å². The molecule has 2 aliphatic rings. The number of esters is 1. The smallest absolute Gasteiger partial charge is 0.352 e. The number of carboxylic acids is 1. The maximum absolute atomic E-state index is 12.5. The van der Waals surface area contributed by atoms with Crippen LogP contribution < -0.4 is 5.32 Å². The largest absolute Gasteiger partial charge is 0.477 e. The summed E-state index contributed by atoms with van der Waals surface area (Å²) in [6, 6.07) is 0.883. The first-order valence-electron chi connectivity index (χ1n) is 7.60. The normalized spacial score (nSPS) is 23.5. The number of nitrogens with one attached hydrogen (secondary N) is 1. The second kappa shape index (κ2) is 8.64. The third-order valence-electron chi connectivity index (χ3n) is 3.86. The first-order chi connectivity index (χ1) is 12.8. The van der Waals surface area contributed by atoms with Gasteiger partial charge in [-0.1, -0.05) is 0 Å². The van der Waals surface area contributed by atoms with Crippen molar-refractivity contribution in [3.05, 3.63) is 11.3 Å². The van der Waals surface area contributed by atoms with Gasteiger partial charge in [-0.15, -0.1) is 23.5 Å². The van der Waals surface area contributed by atoms with Crippen LogP contribution in [0, 0.1) is 11.3 Å². The Morgan fingerprint density at radius 3 is 2.63 bits per heavy atom. The molecule has 2 heterocycles. The fourth-order valence-electron chi connectivity index (χ4n) is 2.68. The minimum absolute atomic E-state index is 0.123. The Morgan fingerprint density at radius 2 is 2.15 bits per heavy atom. The Hall–Kier alpha value is -2.23. The highest BCUT2D eigenvalue weighted by Crippen LogP contribution is 2.41. The summed E-state index contributed by atoms with van der Waals surface area (Å²) in [6.07, 6.45) is 0.359. The molecule has 0 bridgehead atoms. The molecule has 12 heteroatoms. The number of carboxylic acid groups (broad SMARTS) is 1. The van der Waals surface area contributed by atoms with Gasteiger partial charge in [0.15, 0.2) is 5.25 Å². The van der Waals surface area contributed by atoms with Crippen LogP contribution in [0.3, 0.4) is 0 Å². The monoisotopic (exact) mass is 415 g/mol. The van der Waals surface area contributed by atoms with Crippen molar-refractivity contribution in [2.45, 2.75) is 29.9 Å². The van der Waals surface area contributed by atoms with Crippen molar-refractivity contribution in [1.82, 2.24) is 10.2 Å². The van der Waals surface area contributed by atoms with Gasteiger partial charge in [-0.25, -0.2) is 4.79 Å². The molecule has 0 aliphatic carbocycles. The predicted octanol–water partition coefficient (Wildman–Crippen LogP) is -0.484. The Morgan fingerprint density at radius 1 is 1.48 bits per heavy atom. The van der Waals surface area contributed by atoms with Crippen LogP contribution in [0.5, 0.6) is 0 Å². The van der Waals surface area contributed by atoms with Gasteiger partial charge >= 0.3 is 11.9 Å². The number of rotatable bonds is 7. The molecule has 2 amide bonds. The molecule has 10 nitrogen and oxygen atoms in total. The van der Waals surface area contributed by atoms with E-state index in [4.69, 9.17) is 14.7 Å². The zero-order valence-corrected chi connectivity index (χ0v) is 16.3. The molecule has 0 aromatic carbocycles. The topological polar surface area (TPSA) is 146 Å². The average Bonchev–Trinajstić information content (AvgIpc) is 2.63. The van der Waals surface area contributed by atoms with Crippen molar-refractivity contribution in [2.24, 2.45) is 0 Å². The molecule has 0 spiro atoms. The fourth-order valence-corrected chi connectivity index (χ4v) is 4.43. The maximum atomic E-state index is 12.5. The lowest BCUT2D eigenvalue weighted by atomic mass is 10.0. The molecule has 0 aromatic rings. The van der Waals surface area contributed by atoms with Crippen LogP contribution in [-0.2, 0) is 28.7 Å². The molecule has 2 N–H and O–H groups in total. The number of carbonyl (C=O) groups excluding carboxylic acids is 3. The van der Waals surface area contributed by atoms with E-state index < -0.39 is 46.7 Å². The molecule has 146 valence electrons. The Balaban J connectivity index is 2.26. The zero-order valence-electron chi connectivity index (χ0n) is 14.6. The van der Waals surface area contributed by atoms with Crippen molar-refractivity contribution in [3.8, 4) is 6.07 Å². The predicted molar refractivity (Wildman–Crippen MR) is 95.2 cm³/mol. The van der Waals surface area contributed by atoms with Gasteiger partial charge in [-0.05, 0) is 6.26 Å². The number of nitrogens with zero attached hydrogens (tertiary/aromatic N) is 2. The number of hydrogen-bond acceptors (Lipinski definition) is 9. The summed E-state index contributed by atoms with van der Waals surface area (Å²) in [6.45, 7) is 1.16. The van der Waals surface area contributed by atoms with E-state index in [0.29, 0.717) is 0 Å². The molecule has 2 aliphatic heterocycles. The SMILES string of the molecule is COC(OC(C)=O)C1=C(C(=O)O)N2C(=O)[C@H](NC(=O)C(C#N)SC)[C@H]2SC1. The van der Waals surface area contributed by atoms with Gasteiger partial charge in [0, 0.05) is 25.4 Å². The number of hydrogen-bond donors (Lipinski definition) is 2. The number of aliphatic carboxylic acids is 1. The van der Waals surface area contributed by atoms with Crippen molar-refractivity contribution in [2.75, 3.05) is 19.1 Å². The lowest BCUT2D eigenvalue weighted by molar-refractivity contribution is -0.165. The van der Waals surface area contributed by atoms with Gasteiger partial charge < -0.3 is 19.9 Å². The summed E-state index contributed by atoms with van der Waals surface area (Å²) in [4.78, 5) is 48.5. The summed E-state index contributed by atoms with van der Waals surface area (Å²) >= 11 is 2.23. The summed E-state index contributed by atoms with van der Waals surface area (Å²) in [5.74, 6) is -3.14. The summed E-state index contributed by atoms with van der Waals surface area (Å²) in [7, 11) is 1.25. The lowest BCUT2D eigenvalue weighted by Gasteiger charge is -2.49. The van der Waals surface area contributed by atoms with E-state index in [1.54, 1.807) is 6.26 Å². The lowest BCUT2D eigenvalue weighted by Crippen LogP contribution is -2.71. The molecular weight excluding hydrogens is 398 g/mol. The molecular formula is C15H17N3O7S2. The van der Waals surface area contributed by atoms with E-state index in [1.165, 1.54) is 18.9 Å². The van der Waals surface area contributed by atoms with Crippen LogP contribution in [0.2, 0.25) is 0 Å². The average molecular weight is 415 g/mol. The van der Waals surface area contributed by atoms with Gasteiger partial charge in [0.2, 0.25) is 12.2 Å². The molecule has 1 fully saturated rings. The van der Waals surface area contributed by atoms with Gasteiger partial charge in [0.1, 0.15) is 17.1 Å². The van der Waals surface area contributed by atoms with Gasteiger partial charge in [-0.3, -0.25) is 19.3 Å². The quantitative estimate of drug-likeness (QED) is 0.317. The van der Waals surface area contributed by atoms with Crippen molar-refractivity contribution in [3.63, 3.8) is 0 Å². The molecule has 27 heavy (non-hydrogen) atoms. The Kier molecular flexibility index (Phi) is 6.74. The van der Waals surface area contributed by atoms with E-state index in [0.717, 1.165) is 23.6 Å². The van der Waals surface area contributed by atoms with Crippen LogP contribution >= 0.6 is 23.5 Å². The molecule has 0 aromatic heterocycles. The second-order valence-corrected chi connectivity index (χ2v) is 7.54.